The molecule has 2 aromatic rings. The van der Waals surface area contributed by atoms with E-state index in [1.165, 1.54) is 154 Å². The predicted octanol–water partition coefficient (Wildman–Crippen LogP) is 18.5. The minimum absolute atomic E-state index is 0.0436. The van der Waals surface area contributed by atoms with Crippen LogP contribution in [0.1, 0.15) is 258 Å². The van der Waals surface area contributed by atoms with Gasteiger partial charge in [-0.25, -0.2) is 9.98 Å². The summed E-state index contributed by atoms with van der Waals surface area (Å²) in [5.41, 5.74) is 3.70. The van der Waals surface area contributed by atoms with E-state index in [1.54, 1.807) is 12.4 Å². The number of benzene rings is 2. The van der Waals surface area contributed by atoms with Crippen molar-refractivity contribution in [3.8, 4) is 23.6 Å². The second-order valence-corrected chi connectivity index (χ2v) is 19.7. The molecule has 0 aliphatic rings. The molecule has 0 saturated carbocycles. The lowest BCUT2D eigenvalue weighted by Gasteiger charge is -2.25. The molecule has 8 nitrogen and oxygen atoms in total. The molecule has 0 saturated heterocycles. The Morgan fingerprint density at radius 2 is 0.671 bits per heavy atom. The summed E-state index contributed by atoms with van der Waals surface area (Å²) in [5.74, 6) is 1.49. The SMILES string of the molecule is CCCCCCCCCCCCCCCCOc1cc(N(CCC)CCC)ccc1C=N/C(C#N)=C(\C#N)N=Cc1ccc(N(CCC)CCC)cc1OCCCCCCCCCCCCCCCC. The summed E-state index contributed by atoms with van der Waals surface area (Å²) >= 11 is 0. The Morgan fingerprint density at radius 3 is 0.929 bits per heavy atom. The summed E-state index contributed by atoms with van der Waals surface area (Å²) < 4.78 is 13.0. The number of hydrogen-bond acceptors (Lipinski definition) is 8. The Labute approximate surface area is 430 Å². The zero-order valence-corrected chi connectivity index (χ0v) is 46.0. The Balaban J connectivity index is 2.13. The largest absolute Gasteiger partial charge is 0.493 e. The number of nitrogens with zero attached hydrogens (tertiary/aromatic N) is 6. The summed E-state index contributed by atoms with van der Waals surface area (Å²) in [6.45, 7) is 18.5. The van der Waals surface area contributed by atoms with Gasteiger partial charge < -0.3 is 19.3 Å². The quantitative estimate of drug-likeness (QED) is 0.0372. The Hall–Kier alpha value is -4.30. The molecule has 0 heterocycles. The van der Waals surface area contributed by atoms with Crippen molar-refractivity contribution in [3.63, 3.8) is 0 Å². The first-order valence-corrected chi connectivity index (χ1v) is 29.2. The van der Waals surface area contributed by atoms with Crippen LogP contribution < -0.4 is 19.3 Å². The van der Waals surface area contributed by atoms with Gasteiger partial charge in [0.1, 0.15) is 23.6 Å². The Morgan fingerprint density at radius 1 is 0.400 bits per heavy atom. The standard InChI is InChI=1S/C62H102N6O2/c1-7-13-15-17-19-21-23-25-27-29-31-33-35-37-47-69-61-49-57(67(43-9-3)44-10-4)41-39-55(61)53-65-59(51-63)60(52-64)66-54-56-40-42-58(68(45-11-5)46-12-6)50-62(56)70-48-38-36-34-32-30-28-26-24-22-20-18-16-14-8-2/h39-42,49-50,53-54H,7-38,43-48H2,1-6H3/b60-59+,65-53?,66-54?. The van der Waals surface area contributed by atoms with Crippen LogP contribution in [0.3, 0.4) is 0 Å². The van der Waals surface area contributed by atoms with Crippen LogP contribution in [0.2, 0.25) is 0 Å². The average Bonchev–Trinajstić information content (AvgIpc) is 3.37. The molecule has 392 valence electrons. The third-order valence-electron chi connectivity index (χ3n) is 13.3. The molecule has 0 atom stereocenters. The fourth-order valence-electron chi connectivity index (χ4n) is 9.23. The number of allylic oxidation sites excluding steroid dienone is 2. The maximum absolute atomic E-state index is 10.3. The highest BCUT2D eigenvalue weighted by Crippen LogP contribution is 2.29. The Kier molecular flexibility index (Phi) is 38.4. The van der Waals surface area contributed by atoms with E-state index >= 15 is 0 Å². The fraction of sp³-hybridized carbons (Fsp3) is 0.710. The summed E-state index contributed by atoms with van der Waals surface area (Å²) in [6.07, 6.45) is 44.3. The lowest BCUT2D eigenvalue weighted by molar-refractivity contribution is 0.303. The predicted molar refractivity (Wildman–Crippen MR) is 304 cm³/mol. The topological polar surface area (TPSA) is 97.2 Å². The second-order valence-electron chi connectivity index (χ2n) is 19.7. The van der Waals surface area contributed by atoms with Crippen LogP contribution in [-0.4, -0.2) is 51.8 Å². The van der Waals surface area contributed by atoms with Crippen LogP contribution >= 0.6 is 0 Å². The summed E-state index contributed by atoms with van der Waals surface area (Å²) in [4.78, 5) is 14.0. The number of nitriles is 2. The number of ether oxygens (including phenoxy) is 2. The number of hydrogen-bond donors (Lipinski definition) is 0. The van der Waals surface area contributed by atoms with Crippen LogP contribution in [0.25, 0.3) is 0 Å². The highest BCUT2D eigenvalue weighted by atomic mass is 16.5. The van der Waals surface area contributed by atoms with Gasteiger partial charge in [-0.1, -0.05) is 208 Å². The van der Waals surface area contributed by atoms with Crippen molar-refractivity contribution in [3.05, 3.63) is 58.9 Å². The second kappa shape index (κ2) is 43.5. The lowest BCUT2D eigenvalue weighted by Crippen LogP contribution is -2.24. The summed E-state index contributed by atoms with van der Waals surface area (Å²) in [6, 6.07) is 16.8. The van der Waals surface area contributed by atoms with Gasteiger partial charge in [0.25, 0.3) is 0 Å². The van der Waals surface area contributed by atoms with Gasteiger partial charge in [-0.05, 0) is 62.8 Å². The minimum Gasteiger partial charge on any atom is -0.493 e. The molecule has 70 heavy (non-hydrogen) atoms. The van der Waals surface area contributed by atoms with Gasteiger partial charge in [0.15, 0.2) is 11.4 Å². The molecule has 0 radical (unpaired) electrons. The van der Waals surface area contributed by atoms with Crippen molar-refractivity contribution in [1.82, 2.24) is 0 Å². The van der Waals surface area contributed by atoms with Gasteiger partial charge in [0, 0.05) is 73.2 Å². The van der Waals surface area contributed by atoms with E-state index in [2.05, 4.69) is 97.7 Å². The molecular formula is C62H102N6O2. The monoisotopic (exact) mass is 963 g/mol. The van der Waals surface area contributed by atoms with Crippen molar-refractivity contribution in [2.24, 2.45) is 9.98 Å². The van der Waals surface area contributed by atoms with Crippen molar-refractivity contribution in [1.29, 1.82) is 10.5 Å². The molecule has 0 amide bonds. The van der Waals surface area contributed by atoms with Gasteiger partial charge in [0.2, 0.25) is 0 Å². The van der Waals surface area contributed by atoms with Gasteiger partial charge in [0.05, 0.1) is 13.2 Å². The first-order valence-electron chi connectivity index (χ1n) is 29.2. The molecule has 0 aromatic heterocycles. The lowest BCUT2D eigenvalue weighted by atomic mass is 10.0. The minimum atomic E-state index is -0.0436. The highest BCUT2D eigenvalue weighted by Gasteiger charge is 2.13. The maximum atomic E-state index is 10.3. The van der Waals surface area contributed by atoms with E-state index in [4.69, 9.17) is 9.47 Å². The van der Waals surface area contributed by atoms with Crippen LogP contribution in [0.4, 0.5) is 11.4 Å². The van der Waals surface area contributed by atoms with Gasteiger partial charge >= 0.3 is 0 Å². The third kappa shape index (κ3) is 28.5. The van der Waals surface area contributed by atoms with Gasteiger partial charge in [-0.15, -0.1) is 0 Å². The van der Waals surface area contributed by atoms with Gasteiger partial charge in [-0.3, -0.25) is 0 Å². The first-order chi connectivity index (χ1) is 34.5. The van der Waals surface area contributed by atoms with Crippen molar-refractivity contribution in [2.45, 2.75) is 247 Å². The molecule has 0 unspecified atom stereocenters. The van der Waals surface area contributed by atoms with E-state index in [0.717, 1.165) is 112 Å². The number of rotatable bonds is 46. The van der Waals surface area contributed by atoms with Crippen LogP contribution in [0.5, 0.6) is 11.5 Å². The zero-order chi connectivity index (χ0) is 50.5. The Bertz CT molecular complexity index is 1630. The third-order valence-corrected chi connectivity index (χ3v) is 13.3. The molecule has 2 aromatic carbocycles. The summed E-state index contributed by atoms with van der Waals surface area (Å²) in [5, 5.41) is 20.6. The van der Waals surface area contributed by atoms with E-state index in [1.807, 2.05) is 12.1 Å². The molecule has 8 heteroatoms. The van der Waals surface area contributed by atoms with E-state index in [-0.39, 0.29) is 11.4 Å². The number of aliphatic imine (C=N–C) groups is 2. The van der Waals surface area contributed by atoms with Crippen molar-refractivity contribution >= 4 is 23.8 Å². The number of unbranched alkanes of at least 4 members (excludes halogenated alkanes) is 26. The van der Waals surface area contributed by atoms with Crippen LogP contribution in [0, 0.1) is 22.7 Å². The smallest absolute Gasteiger partial charge is 0.176 e. The van der Waals surface area contributed by atoms with Crippen molar-refractivity contribution < 1.29 is 9.47 Å². The molecule has 0 bridgehead atoms. The van der Waals surface area contributed by atoms with E-state index in [0.29, 0.717) is 13.2 Å². The van der Waals surface area contributed by atoms with E-state index in [9.17, 15) is 10.5 Å². The van der Waals surface area contributed by atoms with Gasteiger partial charge in [-0.2, -0.15) is 10.5 Å². The molecule has 0 fully saturated rings. The van der Waals surface area contributed by atoms with Crippen molar-refractivity contribution in [2.75, 3.05) is 49.2 Å². The molecule has 0 N–H and O–H groups in total. The fourth-order valence-corrected chi connectivity index (χ4v) is 9.23. The molecule has 2 rings (SSSR count). The molecule has 0 spiro atoms. The summed E-state index contributed by atoms with van der Waals surface area (Å²) in [7, 11) is 0. The molecular weight excluding hydrogens is 861 g/mol. The molecule has 0 aliphatic carbocycles. The maximum Gasteiger partial charge on any atom is 0.176 e. The molecule has 0 aliphatic heterocycles. The zero-order valence-electron chi connectivity index (χ0n) is 46.0. The highest BCUT2D eigenvalue weighted by molar-refractivity contribution is 5.87. The van der Waals surface area contributed by atoms with E-state index < -0.39 is 0 Å². The van der Waals surface area contributed by atoms with Crippen LogP contribution in [0.15, 0.2) is 57.8 Å². The number of anilines is 2. The normalized spacial score (nSPS) is 11.8. The van der Waals surface area contributed by atoms with Crippen LogP contribution in [-0.2, 0) is 0 Å². The first kappa shape index (κ1) is 61.8. The average molecular weight is 964 g/mol.